The lowest BCUT2D eigenvalue weighted by molar-refractivity contribution is 0.0497. The molecule has 1 unspecified atom stereocenters. The number of nitrogens with one attached hydrogen (secondary N) is 1. The largest absolute Gasteiger partial charge is 0.444 e. The van der Waals surface area contributed by atoms with E-state index in [1.165, 1.54) is 22.8 Å². The monoisotopic (exact) mass is 605 g/mol. The van der Waals surface area contributed by atoms with Gasteiger partial charge in [-0.25, -0.2) is 23.4 Å². The van der Waals surface area contributed by atoms with Crippen molar-refractivity contribution in [3.63, 3.8) is 0 Å². The van der Waals surface area contributed by atoms with Gasteiger partial charge in [-0.05, 0) is 84.2 Å². The number of amides is 1. The zero-order valence-corrected chi connectivity index (χ0v) is 25.8. The molecule has 3 heterocycles. The molecule has 0 aliphatic carbocycles. The third-order valence-corrected chi connectivity index (χ3v) is 7.01. The number of hydrogen-bond donors (Lipinski definition) is 1. The molecule has 44 heavy (non-hydrogen) atoms. The van der Waals surface area contributed by atoms with Gasteiger partial charge in [0.25, 0.3) is 0 Å². The van der Waals surface area contributed by atoms with Crippen LogP contribution in [-0.2, 0) is 9.47 Å². The minimum Gasteiger partial charge on any atom is -0.444 e. The van der Waals surface area contributed by atoms with E-state index in [1.807, 2.05) is 25.7 Å². The summed E-state index contributed by atoms with van der Waals surface area (Å²) in [5.41, 5.74) is 0.287. The molecule has 1 aliphatic heterocycles. The molecular weight excluding hydrogens is 568 g/mol. The third-order valence-electron chi connectivity index (χ3n) is 7.01. The van der Waals surface area contributed by atoms with E-state index in [4.69, 9.17) is 14.5 Å². The van der Waals surface area contributed by atoms with Crippen LogP contribution in [0.25, 0.3) is 33.3 Å². The summed E-state index contributed by atoms with van der Waals surface area (Å²) in [6, 6.07) is 8.43. The molecule has 1 aliphatic rings. The predicted octanol–water partition coefficient (Wildman–Crippen LogP) is 7.32. The molecule has 11 heteroatoms. The fourth-order valence-electron chi connectivity index (χ4n) is 5.24. The van der Waals surface area contributed by atoms with E-state index in [9.17, 15) is 18.4 Å². The summed E-state index contributed by atoms with van der Waals surface area (Å²) in [5, 5.41) is 3.49. The van der Waals surface area contributed by atoms with Crippen molar-refractivity contribution < 1.29 is 27.8 Å². The number of hydrogen-bond acceptors (Lipinski definition) is 7. The van der Waals surface area contributed by atoms with Gasteiger partial charge in [0.15, 0.2) is 0 Å². The third kappa shape index (κ3) is 6.98. The number of fused-ring (bicyclic) bond motifs is 1. The number of rotatable bonds is 4. The summed E-state index contributed by atoms with van der Waals surface area (Å²) < 4.78 is 41.9. The quantitative estimate of drug-likeness (QED) is 0.260. The van der Waals surface area contributed by atoms with Crippen LogP contribution in [0, 0.1) is 11.6 Å². The number of piperidine rings is 1. The van der Waals surface area contributed by atoms with Crippen LogP contribution < -0.4 is 10.2 Å². The number of carbonyl (C=O) groups is 2. The number of anilines is 1. The van der Waals surface area contributed by atoms with Crippen molar-refractivity contribution >= 4 is 28.9 Å². The highest BCUT2D eigenvalue weighted by Gasteiger charge is 2.27. The summed E-state index contributed by atoms with van der Waals surface area (Å²) in [6.07, 6.45) is 5.37. The van der Waals surface area contributed by atoms with Crippen molar-refractivity contribution in [2.45, 2.75) is 71.6 Å². The van der Waals surface area contributed by atoms with E-state index < -0.39 is 35.0 Å². The molecule has 1 N–H and O–H groups in total. The molecule has 9 nitrogen and oxygen atoms in total. The van der Waals surface area contributed by atoms with Gasteiger partial charge in [0.1, 0.15) is 28.7 Å². The van der Waals surface area contributed by atoms with Crippen LogP contribution in [0.4, 0.5) is 24.2 Å². The minimum absolute atomic E-state index is 0.142. The maximum Gasteiger partial charge on any atom is 0.419 e. The van der Waals surface area contributed by atoms with Gasteiger partial charge in [-0.2, -0.15) is 0 Å². The van der Waals surface area contributed by atoms with Gasteiger partial charge in [0, 0.05) is 36.3 Å². The fourth-order valence-corrected chi connectivity index (χ4v) is 5.24. The number of ether oxygens (including phenoxy) is 2. The number of benzene rings is 2. The Hall–Kier alpha value is -4.54. The topological polar surface area (TPSA) is 98.6 Å². The lowest BCUT2D eigenvalue weighted by Gasteiger charge is -2.34. The molecule has 1 fully saturated rings. The van der Waals surface area contributed by atoms with Gasteiger partial charge in [-0.1, -0.05) is 12.1 Å². The van der Waals surface area contributed by atoms with E-state index >= 15 is 0 Å². The Morgan fingerprint density at radius 2 is 1.68 bits per heavy atom. The van der Waals surface area contributed by atoms with Crippen LogP contribution in [0.3, 0.4) is 0 Å². The van der Waals surface area contributed by atoms with Crippen molar-refractivity contribution in [3.8, 4) is 22.4 Å². The molecular formula is C33H37F2N5O4. The first-order valence-electron chi connectivity index (χ1n) is 14.6. The Kier molecular flexibility index (Phi) is 8.33. The average molecular weight is 606 g/mol. The Labute approximate surface area is 255 Å². The van der Waals surface area contributed by atoms with E-state index in [-0.39, 0.29) is 11.6 Å². The lowest BCUT2D eigenvalue weighted by atomic mass is 10.0. The van der Waals surface area contributed by atoms with Gasteiger partial charge in [0.2, 0.25) is 0 Å². The first-order valence-corrected chi connectivity index (χ1v) is 14.6. The number of carbonyl (C=O) groups excluding carboxylic acids is 2. The van der Waals surface area contributed by atoms with E-state index in [1.54, 1.807) is 57.6 Å². The normalized spacial score (nSPS) is 15.7. The molecule has 4 aromatic rings. The molecule has 1 saturated heterocycles. The van der Waals surface area contributed by atoms with E-state index in [2.05, 4.69) is 10.3 Å². The van der Waals surface area contributed by atoms with Crippen LogP contribution in [0.2, 0.25) is 0 Å². The van der Waals surface area contributed by atoms with Crippen molar-refractivity contribution in [1.82, 2.24) is 19.9 Å². The Bertz CT molecular complexity index is 1690. The molecule has 0 spiro atoms. The zero-order valence-electron chi connectivity index (χ0n) is 25.8. The predicted molar refractivity (Wildman–Crippen MR) is 165 cm³/mol. The molecule has 2 aromatic carbocycles. The number of alkyl carbamates (subject to hydrolysis) is 1. The van der Waals surface area contributed by atoms with Crippen LogP contribution in [0.1, 0.15) is 54.4 Å². The first kappa shape index (κ1) is 30.9. The SMILES string of the molecule is CC(C)(C)OC(=O)NC1CCCN(c2cncc(-c3cn(C(=O)OC(C)(C)C)c4ccc(-c5c(F)cccc5F)cc34)n2)C1. The minimum atomic E-state index is -0.748. The molecule has 0 radical (unpaired) electrons. The summed E-state index contributed by atoms with van der Waals surface area (Å²) >= 11 is 0. The molecule has 1 atom stereocenters. The molecule has 2 aromatic heterocycles. The molecule has 232 valence electrons. The molecule has 0 bridgehead atoms. The zero-order chi connectivity index (χ0) is 31.8. The Morgan fingerprint density at radius 3 is 2.36 bits per heavy atom. The highest BCUT2D eigenvalue weighted by Crippen LogP contribution is 2.36. The molecule has 1 amide bonds. The maximum atomic E-state index is 14.7. The van der Waals surface area contributed by atoms with Crippen molar-refractivity contribution in [2.75, 3.05) is 18.0 Å². The van der Waals surface area contributed by atoms with Gasteiger partial charge in [-0.3, -0.25) is 9.55 Å². The van der Waals surface area contributed by atoms with Crippen LogP contribution in [0.15, 0.2) is 55.0 Å². The summed E-state index contributed by atoms with van der Waals surface area (Å²) in [5.74, 6) is -0.800. The summed E-state index contributed by atoms with van der Waals surface area (Å²) in [7, 11) is 0. The van der Waals surface area contributed by atoms with Crippen molar-refractivity contribution in [3.05, 3.63) is 66.6 Å². The Morgan fingerprint density at radius 1 is 0.977 bits per heavy atom. The van der Waals surface area contributed by atoms with Gasteiger partial charge in [-0.15, -0.1) is 0 Å². The number of aromatic nitrogens is 3. The van der Waals surface area contributed by atoms with Crippen molar-refractivity contribution in [2.24, 2.45) is 0 Å². The van der Waals surface area contributed by atoms with E-state index in [0.29, 0.717) is 46.6 Å². The Balaban J connectivity index is 1.53. The summed E-state index contributed by atoms with van der Waals surface area (Å²) in [6.45, 7) is 12.0. The second-order valence-electron chi connectivity index (χ2n) is 12.9. The van der Waals surface area contributed by atoms with Gasteiger partial charge >= 0.3 is 12.2 Å². The fraction of sp³-hybridized carbons (Fsp3) is 0.394. The van der Waals surface area contributed by atoms with Gasteiger partial charge < -0.3 is 19.7 Å². The molecule has 0 saturated carbocycles. The second kappa shape index (κ2) is 11.9. The van der Waals surface area contributed by atoms with Crippen LogP contribution in [-0.4, -0.2) is 57.1 Å². The smallest absolute Gasteiger partial charge is 0.419 e. The maximum absolute atomic E-state index is 14.7. The van der Waals surface area contributed by atoms with Gasteiger partial charge in [0.05, 0.1) is 29.2 Å². The van der Waals surface area contributed by atoms with Crippen LogP contribution in [0.5, 0.6) is 0 Å². The number of halogens is 2. The van der Waals surface area contributed by atoms with E-state index in [0.717, 1.165) is 12.8 Å². The average Bonchev–Trinajstić information content (AvgIpc) is 3.30. The summed E-state index contributed by atoms with van der Waals surface area (Å²) in [4.78, 5) is 37.0. The highest BCUT2D eigenvalue weighted by molar-refractivity contribution is 6.02. The highest BCUT2D eigenvalue weighted by atomic mass is 19.1. The molecule has 5 rings (SSSR count). The lowest BCUT2D eigenvalue weighted by Crippen LogP contribution is -2.49. The van der Waals surface area contributed by atoms with Crippen molar-refractivity contribution in [1.29, 1.82) is 0 Å². The number of nitrogens with zero attached hydrogens (tertiary/aromatic N) is 4. The van der Waals surface area contributed by atoms with Crippen LogP contribution >= 0.6 is 0 Å². The standard InChI is InChI=1S/C33H37F2N5O4/c1-32(2,3)43-30(41)37-21-9-8-14-39(18-21)28-17-36-16-26(38-28)23-19-40(31(42)44-33(4,5)6)27-13-12-20(15-22(23)27)29-24(34)10-7-11-25(29)35/h7,10-13,15-17,19,21H,8-9,14,18H2,1-6H3,(H,37,41). The second-order valence-corrected chi connectivity index (χ2v) is 12.9. The first-order chi connectivity index (χ1) is 20.7.